The Morgan fingerprint density at radius 2 is 1.43 bits per heavy atom. The topological polar surface area (TPSA) is 141 Å². The number of aliphatic hydroxyl groups excluding tert-OH is 5. The van der Waals surface area contributed by atoms with Crippen LogP contribution in [-0.4, -0.2) is 77.3 Å². The summed E-state index contributed by atoms with van der Waals surface area (Å²) >= 11 is 0. The highest BCUT2D eigenvalue weighted by atomic mass is 16.7. The molecule has 0 saturated heterocycles. The van der Waals surface area contributed by atoms with Crippen LogP contribution in [-0.2, 0) is 0 Å². The van der Waals surface area contributed by atoms with Crippen molar-refractivity contribution < 1.29 is 30.4 Å². The first kappa shape index (κ1) is 14.2. The summed E-state index contributed by atoms with van der Waals surface area (Å²) in [6, 6.07) is 6.85. The van der Waals surface area contributed by atoms with E-state index in [1.54, 1.807) is 24.3 Å². The van der Waals surface area contributed by atoms with Crippen molar-refractivity contribution in [2.24, 2.45) is 0 Å². The molecule has 9 nitrogen and oxygen atoms in total. The van der Waals surface area contributed by atoms with E-state index in [-0.39, 0.29) is 0 Å². The minimum Gasteiger partial charge on any atom is -0.387 e. The van der Waals surface area contributed by atoms with Gasteiger partial charge in [0.15, 0.2) is 6.10 Å². The molecular weight excluding hydrogens is 282 g/mol. The van der Waals surface area contributed by atoms with E-state index in [1.165, 1.54) is 0 Å². The number of hydrogen-bond acceptors (Lipinski definition) is 8. The molecule has 2 unspecified atom stereocenters. The van der Waals surface area contributed by atoms with Gasteiger partial charge in [-0.3, -0.25) is 0 Å². The number of benzene rings is 1. The van der Waals surface area contributed by atoms with Gasteiger partial charge in [-0.2, -0.15) is 0 Å². The molecule has 9 heteroatoms. The highest BCUT2D eigenvalue weighted by Crippen LogP contribution is 2.23. The van der Waals surface area contributed by atoms with Gasteiger partial charge in [0.25, 0.3) is 0 Å². The molecule has 0 radical (unpaired) electrons. The van der Waals surface area contributed by atoms with Crippen molar-refractivity contribution in [3.63, 3.8) is 0 Å². The van der Waals surface area contributed by atoms with Crippen LogP contribution >= 0.6 is 0 Å². The molecule has 5 N–H and O–H groups in total. The third kappa shape index (κ3) is 2.24. The highest BCUT2D eigenvalue weighted by molar-refractivity contribution is 5.73. The molecule has 1 heterocycles. The predicted molar refractivity (Wildman–Crippen MR) is 67.9 cm³/mol. The fourth-order valence-electron chi connectivity index (χ4n) is 2.36. The maximum absolute atomic E-state index is 9.90. The van der Waals surface area contributed by atoms with Crippen LogP contribution in [0.1, 0.15) is 0 Å². The molecule has 1 aromatic carbocycles. The number of fused-ring (bicyclic) bond motifs is 1. The summed E-state index contributed by atoms with van der Waals surface area (Å²) < 4.78 is 0. The molecule has 0 spiro atoms. The first-order chi connectivity index (χ1) is 10.0. The maximum atomic E-state index is 9.90. The Balaban J connectivity index is 1.89. The van der Waals surface area contributed by atoms with Gasteiger partial charge in [-0.1, -0.05) is 17.0 Å². The molecule has 1 saturated carbocycles. The van der Waals surface area contributed by atoms with Crippen molar-refractivity contribution in [3.05, 3.63) is 24.3 Å². The number of para-hydroxylation sites is 1. The minimum absolute atomic E-state index is 0.493. The Morgan fingerprint density at radius 1 is 0.857 bits per heavy atom. The molecule has 2 aromatic rings. The first-order valence-electron chi connectivity index (χ1n) is 6.38. The Labute approximate surface area is 118 Å². The first-order valence-corrected chi connectivity index (χ1v) is 6.38. The SMILES string of the molecule is OC1[C@@H](O)[C@H](O)C(On2nnc3ccccc32)[C@H](O)[C@H]1O. The van der Waals surface area contributed by atoms with Gasteiger partial charge < -0.3 is 30.4 Å². The molecule has 1 aromatic heterocycles. The summed E-state index contributed by atoms with van der Waals surface area (Å²) in [5.41, 5.74) is 1.03. The van der Waals surface area contributed by atoms with Gasteiger partial charge in [-0.25, -0.2) is 0 Å². The molecular formula is C12H15N3O6. The quantitative estimate of drug-likeness (QED) is 0.396. The summed E-state index contributed by atoms with van der Waals surface area (Å²) in [4.78, 5) is 6.32. The molecule has 1 fully saturated rings. The number of aromatic nitrogens is 3. The third-order valence-corrected chi connectivity index (χ3v) is 3.62. The normalized spacial score (nSPS) is 36.8. The second-order valence-corrected chi connectivity index (χ2v) is 4.97. The number of aliphatic hydroxyl groups is 5. The van der Waals surface area contributed by atoms with E-state index < -0.39 is 36.6 Å². The summed E-state index contributed by atoms with van der Waals surface area (Å²) in [5.74, 6) is 0. The summed E-state index contributed by atoms with van der Waals surface area (Å²) in [5, 5.41) is 56.2. The summed E-state index contributed by atoms with van der Waals surface area (Å²) in [6.45, 7) is 0. The lowest BCUT2D eigenvalue weighted by Gasteiger charge is -2.40. The largest absolute Gasteiger partial charge is 0.387 e. The van der Waals surface area contributed by atoms with Crippen molar-refractivity contribution >= 4 is 11.0 Å². The average Bonchev–Trinajstić information content (AvgIpc) is 2.91. The van der Waals surface area contributed by atoms with E-state index >= 15 is 0 Å². The van der Waals surface area contributed by atoms with Gasteiger partial charge in [0, 0.05) is 0 Å². The lowest BCUT2D eigenvalue weighted by Crippen LogP contribution is -2.66. The average molecular weight is 297 g/mol. The lowest BCUT2D eigenvalue weighted by atomic mass is 9.85. The monoisotopic (exact) mass is 297 g/mol. The molecule has 6 atom stereocenters. The molecule has 1 aliphatic rings. The Kier molecular flexibility index (Phi) is 3.51. The maximum Gasteiger partial charge on any atom is 0.184 e. The fraction of sp³-hybridized carbons (Fsp3) is 0.500. The number of rotatable bonds is 2. The smallest absolute Gasteiger partial charge is 0.184 e. The van der Waals surface area contributed by atoms with Crippen LogP contribution in [0, 0.1) is 0 Å². The van der Waals surface area contributed by atoms with Crippen LogP contribution in [0.25, 0.3) is 11.0 Å². The van der Waals surface area contributed by atoms with Crippen molar-refractivity contribution in [2.45, 2.75) is 36.6 Å². The Morgan fingerprint density at radius 3 is 2.10 bits per heavy atom. The van der Waals surface area contributed by atoms with Gasteiger partial charge in [0.05, 0.1) is 0 Å². The molecule has 114 valence electrons. The van der Waals surface area contributed by atoms with Crippen LogP contribution in [0.2, 0.25) is 0 Å². The lowest BCUT2D eigenvalue weighted by molar-refractivity contribution is -0.237. The number of nitrogens with zero attached hydrogens (tertiary/aromatic N) is 3. The van der Waals surface area contributed by atoms with Crippen LogP contribution < -0.4 is 4.84 Å². The summed E-state index contributed by atoms with van der Waals surface area (Å²) in [6.07, 6.45) is -9.53. The highest BCUT2D eigenvalue weighted by Gasteiger charge is 2.50. The van der Waals surface area contributed by atoms with Crippen molar-refractivity contribution in [1.82, 2.24) is 15.2 Å². The second kappa shape index (κ2) is 5.20. The van der Waals surface area contributed by atoms with Crippen LogP contribution in [0.3, 0.4) is 0 Å². The van der Waals surface area contributed by atoms with Crippen molar-refractivity contribution in [2.75, 3.05) is 0 Å². The van der Waals surface area contributed by atoms with Crippen LogP contribution in [0.15, 0.2) is 24.3 Å². The fourth-order valence-corrected chi connectivity index (χ4v) is 2.36. The molecule has 3 rings (SSSR count). The molecule has 21 heavy (non-hydrogen) atoms. The van der Waals surface area contributed by atoms with Crippen LogP contribution in [0.5, 0.6) is 0 Å². The van der Waals surface area contributed by atoms with E-state index in [1.807, 2.05) is 0 Å². The van der Waals surface area contributed by atoms with Gasteiger partial charge in [-0.15, -0.1) is 5.10 Å². The van der Waals surface area contributed by atoms with Crippen molar-refractivity contribution in [3.8, 4) is 0 Å². The van der Waals surface area contributed by atoms with Gasteiger partial charge in [0.1, 0.15) is 41.6 Å². The zero-order chi connectivity index (χ0) is 15.1. The van der Waals surface area contributed by atoms with Gasteiger partial charge in [0.2, 0.25) is 0 Å². The molecule has 0 aliphatic heterocycles. The Hall–Kier alpha value is -1.78. The Bertz CT molecular complexity index is 618. The standard InChI is InChI=1S/C12H15N3O6/c16-7-8(17)10(19)12(11(20)9(7)18)21-15-6-4-2-1-3-5(6)13-14-15/h1-4,7-12,16-20H/t7?,8-,9+,10+,11-,12?. The van der Waals surface area contributed by atoms with Gasteiger partial charge >= 0.3 is 0 Å². The third-order valence-electron chi connectivity index (χ3n) is 3.62. The van der Waals surface area contributed by atoms with E-state index in [2.05, 4.69) is 10.3 Å². The van der Waals surface area contributed by atoms with E-state index in [4.69, 9.17) is 4.84 Å². The van der Waals surface area contributed by atoms with Crippen LogP contribution in [0.4, 0.5) is 0 Å². The second-order valence-electron chi connectivity index (χ2n) is 4.97. The van der Waals surface area contributed by atoms with Crippen molar-refractivity contribution in [1.29, 1.82) is 0 Å². The zero-order valence-corrected chi connectivity index (χ0v) is 10.8. The number of hydrogen-bond donors (Lipinski definition) is 5. The molecule has 0 amide bonds. The van der Waals surface area contributed by atoms with E-state index in [9.17, 15) is 25.5 Å². The predicted octanol–water partition coefficient (Wildman–Crippen LogP) is -2.95. The minimum atomic E-state index is -1.66. The van der Waals surface area contributed by atoms with E-state index in [0.717, 1.165) is 4.85 Å². The van der Waals surface area contributed by atoms with Gasteiger partial charge in [-0.05, 0) is 17.3 Å². The summed E-state index contributed by atoms with van der Waals surface area (Å²) in [7, 11) is 0. The molecule has 0 bridgehead atoms. The van der Waals surface area contributed by atoms with E-state index in [0.29, 0.717) is 11.0 Å². The molecule has 1 aliphatic carbocycles. The zero-order valence-electron chi connectivity index (χ0n) is 10.8.